The molecule has 0 aliphatic heterocycles. The van der Waals surface area contributed by atoms with Crippen molar-refractivity contribution in [3.63, 3.8) is 0 Å². The lowest BCUT2D eigenvalue weighted by molar-refractivity contribution is -0.120. The van der Waals surface area contributed by atoms with Crippen molar-refractivity contribution in [2.24, 2.45) is 17.6 Å². The van der Waals surface area contributed by atoms with Crippen LogP contribution in [0.25, 0.3) is 11.3 Å². The Balaban J connectivity index is 1.65. The summed E-state index contributed by atoms with van der Waals surface area (Å²) >= 11 is 1.33. The van der Waals surface area contributed by atoms with Crippen molar-refractivity contribution in [2.45, 2.75) is 25.9 Å². The van der Waals surface area contributed by atoms with Crippen LogP contribution in [0.5, 0.6) is 5.75 Å². The van der Waals surface area contributed by atoms with E-state index in [1.807, 2.05) is 5.38 Å². The second kappa shape index (κ2) is 7.88. The van der Waals surface area contributed by atoms with Crippen molar-refractivity contribution in [2.75, 3.05) is 11.9 Å². The Morgan fingerprint density at radius 1 is 1.36 bits per heavy atom. The third-order valence-electron chi connectivity index (χ3n) is 4.41. The number of carbonyl (C=O) groups excluding carboxylic acids is 1. The first-order chi connectivity index (χ1) is 12.1. The molecule has 3 rings (SSSR count). The van der Waals surface area contributed by atoms with E-state index in [9.17, 15) is 13.6 Å². The van der Waals surface area contributed by atoms with E-state index in [1.165, 1.54) is 23.5 Å². The standard InChI is InChI=1S/C17H19F2N3O2S/c18-16(19)24-12-6-4-10(5-7-12)14-9-25-17(21-14)22-15(23)13-3-1-2-11(13)8-20/h4-7,9,11,13,16H,1-3,8,20H2,(H,21,22,23)/t11-,13-/m1/s1. The first kappa shape index (κ1) is 17.8. The maximum Gasteiger partial charge on any atom is 0.387 e. The van der Waals surface area contributed by atoms with Crippen LogP contribution in [-0.2, 0) is 4.79 Å². The Morgan fingerprint density at radius 2 is 2.12 bits per heavy atom. The summed E-state index contributed by atoms with van der Waals surface area (Å²) in [5.74, 6) is 0.246. The number of halogens is 2. The van der Waals surface area contributed by atoms with Gasteiger partial charge in [-0.05, 0) is 49.6 Å². The molecule has 0 saturated heterocycles. The van der Waals surface area contributed by atoms with Gasteiger partial charge in [0.15, 0.2) is 5.13 Å². The van der Waals surface area contributed by atoms with Gasteiger partial charge in [0, 0.05) is 16.9 Å². The average molecular weight is 367 g/mol. The molecule has 1 amide bonds. The van der Waals surface area contributed by atoms with Crippen LogP contribution in [0, 0.1) is 11.8 Å². The number of amides is 1. The maximum absolute atomic E-state index is 12.4. The van der Waals surface area contributed by atoms with Gasteiger partial charge in [-0.1, -0.05) is 6.42 Å². The zero-order valence-corrected chi connectivity index (χ0v) is 14.3. The number of alkyl halides is 2. The molecule has 5 nitrogen and oxygen atoms in total. The Morgan fingerprint density at radius 3 is 2.80 bits per heavy atom. The minimum Gasteiger partial charge on any atom is -0.435 e. The molecule has 3 N–H and O–H groups in total. The lowest BCUT2D eigenvalue weighted by Crippen LogP contribution is -2.29. The maximum atomic E-state index is 12.4. The molecule has 0 unspecified atom stereocenters. The van der Waals surface area contributed by atoms with E-state index in [0.29, 0.717) is 17.4 Å². The largest absolute Gasteiger partial charge is 0.435 e. The van der Waals surface area contributed by atoms with Gasteiger partial charge in [0.05, 0.1) is 5.69 Å². The minimum absolute atomic E-state index is 0.0328. The van der Waals surface area contributed by atoms with E-state index in [1.54, 1.807) is 12.1 Å². The molecular formula is C17H19F2N3O2S. The number of thiazole rings is 1. The molecular weight excluding hydrogens is 348 g/mol. The van der Waals surface area contributed by atoms with Gasteiger partial charge in [-0.25, -0.2) is 4.98 Å². The van der Waals surface area contributed by atoms with Crippen molar-refractivity contribution in [3.8, 4) is 17.0 Å². The zero-order valence-electron chi connectivity index (χ0n) is 13.5. The summed E-state index contributed by atoms with van der Waals surface area (Å²) in [6, 6.07) is 6.23. The van der Waals surface area contributed by atoms with E-state index in [2.05, 4.69) is 15.0 Å². The molecule has 1 saturated carbocycles. The molecule has 2 aromatic rings. The summed E-state index contributed by atoms with van der Waals surface area (Å²) in [5.41, 5.74) is 7.16. The first-order valence-corrected chi connectivity index (χ1v) is 8.96. The van der Waals surface area contributed by atoms with Gasteiger partial charge >= 0.3 is 6.61 Å². The third kappa shape index (κ3) is 4.32. The molecule has 0 bridgehead atoms. The van der Waals surface area contributed by atoms with Crippen molar-refractivity contribution in [1.29, 1.82) is 0 Å². The van der Waals surface area contributed by atoms with E-state index < -0.39 is 6.61 Å². The summed E-state index contributed by atoms with van der Waals surface area (Å²) in [4.78, 5) is 16.8. The van der Waals surface area contributed by atoms with Crippen molar-refractivity contribution < 1.29 is 18.3 Å². The summed E-state index contributed by atoms with van der Waals surface area (Å²) in [6.07, 6.45) is 2.87. The Kier molecular flexibility index (Phi) is 5.60. The number of aromatic nitrogens is 1. The number of rotatable bonds is 6. The highest BCUT2D eigenvalue weighted by Crippen LogP contribution is 2.33. The van der Waals surface area contributed by atoms with Crippen LogP contribution < -0.4 is 15.8 Å². The van der Waals surface area contributed by atoms with E-state index in [4.69, 9.17) is 5.73 Å². The number of nitrogens with zero attached hydrogens (tertiary/aromatic N) is 1. The van der Waals surface area contributed by atoms with Crippen molar-refractivity contribution >= 4 is 22.4 Å². The lowest BCUT2D eigenvalue weighted by Gasteiger charge is -2.16. The van der Waals surface area contributed by atoms with E-state index in [0.717, 1.165) is 24.8 Å². The number of hydrogen-bond donors (Lipinski definition) is 2. The highest BCUT2D eigenvalue weighted by molar-refractivity contribution is 7.14. The Labute approximate surface area is 148 Å². The molecule has 134 valence electrons. The van der Waals surface area contributed by atoms with E-state index >= 15 is 0 Å². The second-order valence-corrected chi connectivity index (χ2v) is 6.82. The smallest absolute Gasteiger partial charge is 0.387 e. The predicted octanol–water partition coefficient (Wildman–Crippen LogP) is 3.73. The SMILES string of the molecule is NC[C@H]1CCC[C@H]1C(=O)Nc1nc(-c2ccc(OC(F)F)cc2)cs1. The fraction of sp³-hybridized carbons (Fsp3) is 0.412. The Bertz CT molecular complexity index is 721. The number of ether oxygens (including phenoxy) is 1. The van der Waals surface area contributed by atoms with Crippen LogP contribution in [0.15, 0.2) is 29.6 Å². The number of nitrogens with two attached hydrogens (primary N) is 1. The second-order valence-electron chi connectivity index (χ2n) is 5.96. The Hall–Kier alpha value is -2.06. The highest BCUT2D eigenvalue weighted by atomic mass is 32.1. The van der Waals surface area contributed by atoms with Gasteiger partial charge in [-0.2, -0.15) is 8.78 Å². The van der Waals surface area contributed by atoms with Crippen LogP contribution in [0.1, 0.15) is 19.3 Å². The molecule has 1 aromatic carbocycles. The van der Waals surface area contributed by atoms with Crippen LogP contribution in [0.4, 0.5) is 13.9 Å². The van der Waals surface area contributed by atoms with Gasteiger partial charge in [-0.3, -0.25) is 4.79 Å². The number of benzene rings is 1. The van der Waals surface area contributed by atoms with Crippen molar-refractivity contribution in [1.82, 2.24) is 4.98 Å². The quantitative estimate of drug-likeness (QED) is 0.816. The molecule has 1 heterocycles. The van der Waals surface area contributed by atoms with Crippen LogP contribution in [-0.4, -0.2) is 24.0 Å². The third-order valence-corrected chi connectivity index (χ3v) is 5.17. The number of nitrogens with one attached hydrogen (secondary N) is 1. The predicted molar refractivity (Wildman–Crippen MR) is 92.7 cm³/mol. The molecule has 0 radical (unpaired) electrons. The van der Waals surface area contributed by atoms with Gasteiger partial charge in [0.2, 0.25) is 5.91 Å². The molecule has 1 aromatic heterocycles. The van der Waals surface area contributed by atoms with Gasteiger partial charge in [-0.15, -0.1) is 11.3 Å². The molecule has 2 atom stereocenters. The molecule has 0 spiro atoms. The summed E-state index contributed by atoms with van der Waals surface area (Å²) in [5, 5.41) is 5.20. The van der Waals surface area contributed by atoms with Crippen LogP contribution in [0.2, 0.25) is 0 Å². The fourth-order valence-electron chi connectivity index (χ4n) is 3.13. The van der Waals surface area contributed by atoms with Crippen LogP contribution >= 0.6 is 11.3 Å². The molecule has 1 aliphatic carbocycles. The van der Waals surface area contributed by atoms with Crippen LogP contribution in [0.3, 0.4) is 0 Å². The van der Waals surface area contributed by atoms with E-state index in [-0.39, 0.29) is 23.5 Å². The number of anilines is 1. The molecule has 8 heteroatoms. The average Bonchev–Trinajstić information content (AvgIpc) is 3.23. The van der Waals surface area contributed by atoms with Gasteiger partial charge in [0.1, 0.15) is 5.75 Å². The molecule has 1 fully saturated rings. The minimum atomic E-state index is -2.85. The van der Waals surface area contributed by atoms with Gasteiger partial charge < -0.3 is 15.8 Å². The molecule has 25 heavy (non-hydrogen) atoms. The monoisotopic (exact) mass is 367 g/mol. The normalized spacial score (nSPS) is 20.0. The first-order valence-electron chi connectivity index (χ1n) is 8.08. The lowest BCUT2D eigenvalue weighted by atomic mass is 9.95. The summed E-state index contributed by atoms with van der Waals surface area (Å²) in [6.45, 7) is -2.33. The molecule has 1 aliphatic rings. The fourth-order valence-corrected chi connectivity index (χ4v) is 3.86. The summed E-state index contributed by atoms with van der Waals surface area (Å²) < 4.78 is 28.7. The van der Waals surface area contributed by atoms with Gasteiger partial charge in [0.25, 0.3) is 0 Å². The zero-order chi connectivity index (χ0) is 17.8. The van der Waals surface area contributed by atoms with Crippen molar-refractivity contribution in [3.05, 3.63) is 29.6 Å². The summed E-state index contributed by atoms with van der Waals surface area (Å²) in [7, 11) is 0. The topological polar surface area (TPSA) is 77.2 Å². The highest BCUT2D eigenvalue weighted by Gasteiger charge is 2.32. The number of hydrogen-bond acceptors (Lipinski definition) is 5. The number of carbonyl (C=O) groups is 1.